The van der Waals surface area contributed by atoms with Crippen LogP contribution in [-0.2, 0) is 19.1 Å². The number of amides is 3. The molecular weight excluding hydrogens is 410 g/mol. The highest BCUT2D eigenvalue weighted by Gasteiger charge is 2.48. The number of hydrogen-bond acceptors (Lipinski definition) is 6. The molecule has 9 nitrogen and oxygen atoms in total. The Labute approximate surface area is 177 Å². The van der Waals surface area contributed by atoms with Gasteiger partial charge in [0.25, 0.3) is 0 Å². The van der Waals surface area contributed by atoms with Crippen LogP contribution in [0.25, 0.3) is 0 Å². The number of aliphatic carboxylic acids is 1. The molecule has 0 aromatic heterocycles. The van der Waals surface area contributed by atoms with E-state index in [1.165, 1.54) is 22.7 Å². The zero-order valence-electron chi connectivity index (χ0n) is 16.3. The van der Waals surface area contributed by atoms with Crippen LogP contribution in [0.1, 0.15) is 25.7 Å². The Morgan fingerprint density at radius 1 is 1.33 bits per heavy atom. The Hall–Kier alpha value is -2.75. The van der Waals surface area contributed by atoms with E-state index in [-0.39, 0.29) is 41.5 Å². The fraction of sp³-hybridized carbons (Fsp3) is 0.500. The van der Waals surface area contributed by atoms with Crippen LogP contribution < -0.4 is 5.32 Å². The molecule has 10 heteroatoms. The van der Waals surface area contributed by atoms with Gasteiger partial charge in [-0.25, -0.2) is 9.59 Å². The summed E-state index contributed by atoms with van der Waals surface area (Å²) in [6.07, 6.45) is 4.89. The molecule has 0 aromatic rings. The number of carbonyl (C=O) groups excluding carboxylic acids is 3. The van der Waals surface area contributed by atoms with E-state index >= 15 is 0 Å². The van der Waals surface area contributed by atoms with Crippen LogP contribution >= 0.6 is 11.8 Å². The highest BCUT2D eigenvalue weighted by molar-refractivity contribution is 8.03. The first kappa shape index (κ1) is 20.5. The van der Waals surface area contributed by atoms with Crippen molar-refractivity contribution in [3.63, 3.8) is 0 Å². The van der Waals surface area contributed by atoms with Crippen LogP contribution in [0.2, 0.25) is 0 Å². The molecule has 0 aliphatic carbocycles. The van der Waals surface area contributed by atoms with Gasteiger partial charge in [0.05, 0.1) is 12.1 Å². The molecule has 0 radical (unpaired) electrons. The smallest absolute Gasteiger partial charge is 0.410 e. The molecule has 3 fully saturated rings. The average Bonchev–Trinajstić information content (AvgIpc) is 3.36. The normalized spacial score (nSPS) is 29.2. The number of carboxylic acids is 1. The Balaban J connectivity index is 1.53. The number of hydrogen-bond donors (Lipinski definition) is 2. The molecule has 0 saturated carbocycles. The van der Waals surface area contributed by atoms with Crippen LogP contribution in [0.15, 0.2) is 34.9 Å². The van der Waals surface area contributed by atoms with Crippen LogP contribution in [0.3, 0.4) is 0 Å². The third-order valence-electron chi connectivity index (χ3n) is 5.71. The van der Waals surface area contributed by atoms with Gasteiger partial charge in [-0.3, -0.25) is 9.59 Å². The van der Waals surface area contributed by atoms with Gasteiger partial charge < -0.3 is 25.0 Å². The number of thioether (sulfide) groups is 1. The number of ether oxygens (including phenoxy) is 1. The molecule has 2 N–H and O–H groups in total. The van der Waals surface area contributed by atoms with Crippen molar-refractivity contribution in [1.82, 2.24) is 15.1 Å². The van der Waals surface area contributed by atoms with E-state index in [0.717, 1.165) is 0 Å². The maximum atomic E-state index is 12.5. The lowest BCUT2D eigenvalue weighted by molar-refractivity contribution is -0.147. The minimum atomic E-state index is -1.10. The van der Waals surface area contributed by atoms with E-state index in [1.807, 2.05) is 6.08 Å². The summed E-state index contributed by atoms with van der Waals surface area (Å²) in [6.45, 7) is 4.58. The minimum Gasteiger partial charge on any atom is -0.477 e. The van der Waals surface area contributed by atoms with Gasteiger partial charge in [-0.05, 0) is 12.8 Å². The summed E-state index contributed by atoms with van der Waals surface area (Å²) in [5, 5.41) is 12.3. The molecule has 4 rings (SSSR count). The number of carboxylic acid groups (broad SMARTS) is 1. The third-order valence-corrected chi connectivity index (χ3v) is 7.03. The number of fused-ring (bicyclic) bond motifs is 1. The molecule has 4 aliphatic rings. The minimum absolute atomic E-state index is 0.0641. The first-order valence-electron chi connectivity index (χ1n) is 9.87. The second-order valence-corrected chi connectivity index (χ2v) is 9.06. The van der Waals surface area contributed by atoms with Crippen LogP contribution in [0, 0.1) is 0 Å². The fourth-order valence-corrected chi connectivity index (χ4v) is 5.86. The summed E-state index contributed by atoms with van der Waals surface area (Å²) < 4.78 is 5.20. The van der Waals surface area contributed by atoms with Gasteiger partial charge in [0.2, 0.25) is 11.8 Å². The number of rotatable bonds is 6. The average molecular weight is 433 g/mol. The topological polar surface area (TPSA) is 116 Å². The monoisotopic (exact) mass is 433 g/mol. The van der Waals surface area contributed by atoms with Crippen molar-refractivity contribution in [2.45, 2.75) is 43.0 Å². The standard InChI is InChI=1S/C20H23N3O6S/c1-2-5-29-20(28)22-10-14(7-12(22)6-11-3-4-21-18(11)25)30-15-8-13-9-16(24)23(13)17(15)19(26)27/h2,6,12-14H,1,3-5,7-10H2,(H,21,25)(H,26,27)/b11-6+/t12-,13+,14+/m1/s1. The predicted molar refractivity (Wildman–Crippen MR) is 108 cm³/mol. The summed E-state index contributed by atoms with van der Waals surface area (Å²) >= 11 is 1.41. The number of carbonyl (C=O) groups is 4. The van der Waals surface area contributed by atoms with Gasteiger partial charge in [-0.15, -0.1) is 11.8 Å². The van der Waals surface area contributed by atoms with Gasteiger partial charge in [0.15, 0.2) is 0 Å². The third kappa shape index (κ3) is 3.71. The lowest BCUT2D eigenvalue weighted by Crippen LogP contribution is -2.49. The molecule has 0 spiro atoms. The highest BCUT2D eigenvalue weighted by atomic mass is 32.2. The largest absolute Gasteiger partial charge is 0.477 e. The molecule has 0 aromatic carbocycles. The van der Waals surface area contributed by atoms with Crippen LogP contribution in [-0.4, -0.2) is 75.8 Å². The van der Waals surface area contributed by atoms with Gasteiger partial charge in [0.1, 0.15) is 12.3 Å². The lowest BCUT2D eigenvalue weighted by atomic mass is 10.0. The van der Waals surface area contributed by atoms with E-state index in [4.69, 9.17) is 4.74 Å². The second-order valence-electron chi connectivity index (χ2n) is 7.66. The molecule has 4 heterocycles. The molecule has 0 bridgehead atoms. The molecule has 3 atom stereocenters. The Morgan fingerprint density at radius 2 is 2.13 bits per heavy atom. The Kier molecular flexibility index (Phi) is 5.59. The summed E-state index contributed by atoms with van der Waals surface area (Å²) in [6, 6.07) is -0.381. The van der Waals surface area contributed by atoms with Gasteiger partial charge in [0, 0.05) is 41.7 Å². The van der Waals surface area contributed by atoms with Crippen LogP contribution in [0.5, 0.6) is 0 Å². The predicted octanol–water partition coefficient (Wildman–Crippen LogP) is 1.23. The second kappa shape index (κ2) is 8.17. The zero-order chi connectivity index (χ0) is 21.4. The van der Waals surface area contributed by atoms with Crippen molar-refractivity contribution < 1.29 is 29.0 Å². The number of nitrogens with one attached hydrogen (secondary N) is 1. The van der Waals surface area contributed by atoms with Crippen molar-refractivity contribution >= 4 is 35.6 Å². The molecule has 0 unspecified atom stereocenters. The number of β-lactam (4-membered cyclic amide) rings is 1. The van der Waals surface area contributed by atoms with Gasteiger partial charge >= 0.3 is 12.1 Å². The molecule has 4 aliphatic heterocycles. The molecular formula is C20H23N3O6S. The highest BCUT2D eigenvalue weighted by Crippen LogP contribution is 2.46. The van der Waals surface area contributed by atoms with Crippen molar-refractivity contribution in [1.29, 1.82) is 0 Å². The molecule has 160 valence electrons. The molecule has 3 saturated heterocycles. The summed E-state index contributed by atoms with van der Waals surface area (Å²) in [4.78, 5) is 51.7. The zero-order valence-corrected chi connectivity index (χ0v) is 17.2. The van der Waals surface area contributed by atoms with Crippen molar-refractivity contribution in [3.05, 3.63) is 34.9 Å². The van der Waals surface area contributed by atoms with E-state index < -0.39 is 12.1 Å². The maximum Gasteiger partial charge on any atom is 0.410 e. The van der Waals surface area contributed by atoms with Gasteiger partial charge in [-0.2, -0.15) is 0 Å². The summed E-state index contributed by atoms with van der Waals surface area (Å²) in [5.41, 5.74) is 0.715. The van der Waals surface area contributed by atoms with Crippen molar-refractivity contribution in [3.8, 4) is 0 Å². The first-order chi connectivity index (χ1) is 14.4. The Morgan fingerprint density at radius 3 is 2.77 bits per heavy atom. The SMILES string of the molecule is C=CCOC(=O)N1C[C@@H](SC2=C(C(=O)O)N3C(=O)C[C@@H]3C2)C[C@H]1/C=C1\CCNC1=O. The summed E-state index contributed by atoms with van der Waals surface area (Å²) in [5.74, 6) is -1.39. The maximum absolute atomic E-state index is 12.5. The number of nitrogens with zero attached hydrogens (tertiary/aromatic N) is 2. The fourth-order valence-electron chi connectivity index (χ4n) is 4.35. The number of likely N-dealkylation sites (tertiary alicyclic amines) is 1. The quantitative estimate of drug-likeness (QED) is 0.368. The van der Waals surface area contributed by atoms with E-state index in [9.17, 15) is 24.3 Å². The lowest BCUT2D eigenvalue weighted by Gasteiger charge is -2.34. The van der Waals surface area contributed by atoms with Gasteiger partial charge in [-0.1, -0.05) is 18.7 Å². The molecule has 3 amide bonds. The Bertz CT molecular complexity index is 882. The summed E-state index contributed by atoms with van der Waals surface area (Å²) in [7, 11) is 0. The van der Waals surface area contributed by atoms with Crippen molar-refractivity contribution in [2.75, 3.05) is 19.7 Å². The van der Waals surface area contributed by atoms with Crippen LogP contribution in [0.4, 0.5) is 4.79 Å². The molecule has 30 heavy (non-hydrogen) atoms. The van der Waals surface area contributed by atoms with E-state index in [1.54, 1.807) is 4.90 Å². The van der Waals surface area contributed by atoms with Crippen molar-refractivity contribution in [2.24, 2.45) is 0 Å². The van der Waals surface area contributed by atoms with E-state index in [2.05, 4.69) is 11.9 Å². The first-order valence-corrected chi connectivity index (χ1v) is 10.7. The van der Waals surface area contributed by atoms with E-state index in [0.29, 0.717) is 49.3 Å².